The van der Waals surface area contributed by atoms with Gasteiger partial charge in [-0.2, -0.15) is 0 Å². The fourth-order valence-electron chi connectivity index (χ4n) is 7.01. The molecule has 0 saturated carbocycles. The van der Waals surface area contributed by atoms with Gasteiger partial charge in [0.05, 0.1) is 8.22 Å². The van der Waals surface area contributed by atoms with Gasteiger partial charge in [-0.15, -0.1) is 0 Å². The average molecular weight is 646 g/mol. The van der Waals surface area contributed by atoms with Crippen LogP contribution in [0.25, 0.3) is 89.5 Å². The Kier molecular flexibility index (Phi) is 5.25. The van der Waals surface area contributed by atoms with Gasteiger partial charge in [-0.3, -0.25) is 0 Å². The van der Waals surface area contributed by atoms with Gasteiger partial charge >= 0.3 is 0 Å². The topological polar surface area (TPSA) is 51.8 Å². The number of rotatable bonds is 5. The smallest absolute Gasteiger partial charge is 0.164 e. The van der Waals surface area contributed by atoms with Crippen molar-refractivity contribution in [1.82, 2.24) is 15.0 Å². The molecule has 0 unspecified atom stereocenters. The summed E-state index contributed by atoms with van der Waals surface area (Å²) in [5, 5.41) is 0.329. The number of furan rings is 1. The molecule has 0 aliphatic heterocycles. The highest BCUT2D eigenvalue weighted by Crippen LogP contribution is 2.44. The summed E-state index contributed by atoms with van der Waals surface area (Å²) in [7, 11) is 0. The number of hydrogen-bond donors (Lipinski definition) is 0. The third kappa shape index (κ3) is 4.65. The van der Waals surface area contributed by atoms with Crippen LogP contribution in [-0.2, 0) is 6.42 Å². The zero-order chi connectivity index (χ0) is 38.2. The Hall–Kier alpha value is -6.65. The van der Waals surface area contributed by atoms with E-state index in [0.29, 0.717) is 28.3 Å². The molecule has 0 saturated heterocycles. The molecule has 10 rings (SSSR count). The number of para-hydroxylation sites is 1. The minimum absolute atomic E-state index is 0.0714. The Bertz CT molecular complexity index is 3060. The van der Waals surface area contributed by atoms with Crippen molar-refractivity contribution in [3.8, 4) is 67.5 Å². The van der Waals surface area contributed by atoms with Crippen molar-refractivity contribution in [3.63, 3.8) is 0 Å². The van der Waals surface area contributed by atoms with Crippen LogP contribution in [0.15, 0.2) is 168 Å². The first-order valence-corrected chi connectivity index (χ1v) is 16.4. The Balaban J connectivity index is 1.30. The number of benzene rings is 7. The van der Waals surface area contributed by atoms with E-state index >= 15 is 0 Å². The van der Waals surface area contributed by atoms with Crippen LogP contribution in [0.2, 0.25) is 0 Å². The van der Waals surface area contributed by atoms with Crippen molar-refractivity contribution in [2.45, 2.75) is 6.42 Å². The third-order valence-corrected chi connectivity index (χ3v) is 9.35. The van der Waals surface area contributed by atoms with Crippen LogP contribution >= 0.6 is 0 Å². The van der Waals surface area contributed by atoms with Gasteiger partial charge in [0.1, 0.15) is 11.2 Å². The molecule has 4 nitrogen and oxygen atoms in total. The van der Waals surface area contributed by atoms with E-state index in [0.717, 1.165) is 39.8 Å². The Morgan fingerprint density at radius 3 is 1.88 bits per heavy atom. The van der Waals surface area contributed by atoms with Crippen molar-refractivity contribution in [3.05, 3.63) is 175 Å². The fourth-order valence-corrected chi connectivity index (χ4v) is 7.01. The summed E-state index contributed by atoms with van der Waals surface area (Å²) in [6.45, 7) is 0. The largest absolute Gasteiger partial charge is 0.455 e. The first-order valence-electron chi connectivity index (χ1n) is 19.4. The number of fused-ring (bicyclic) bond motifs is 6. The lowest BCUT2D eigenvalue weighted by Gasteiger charge is -2.13. The molecule has 7 aromatic carbocycles. The van der Waals surface area contributed by atoms with E-state index in [4.69, 9.17) is 24.9 Å². The van der Waals surface area contributed by atoms with E-state index < -0.39 is 12.1 Å². The maximum absolute atomic E-state index is 9.61. The predicted molar refractivity (Wildman–Crippen MR) is 203 cm³/mol. The van der Waals surface area contributed by atoms with Crippen LogP contribution in [0.4, 0.5) is 0 Å². The SMILES string of the molecule is [2H]c1c([2H])c([2H])c2c(oc3c(-c4ccccc4)c([2H])c([2H])c(-c4nc(-c5ccc(-c6ccccc6)cc5)nc(-c5cccc6c5-c5ccccc5C6)n4)c32)c1[2H]. The second-order valence-electron chi connectivity index (χ2n) is 12.3. The quantitative estimate of drug-likeness (QED) is 0.187. The monoisotopic (exact) mass is 645 g/mol. The standard InChI is InChI=1S/C46H29N3O/c1-3-12-29(13-4-1)30-22-24-32(25-23-30)44-47-45(38-20-11-17-34-28-33-16-7-8-18-35(33)41(34)38)49-46(48-44)39-27-26-36(31-14-5-2-6-15-31)43-42(39)37-19-9-10-21-40(37)50-43/h1-27H,28H2/i9D,10D,19D,21D,26D,27D. The van der Waals surface area contributed by atoms with Crippen molar-refractivity contribution < 1.29 is 12.6 Å². The van der Waals surface area contributed by atoms with Gasteiger partial charge < -0.3 is 4.42 Å². The van der Waals surface area contributed by atoms with Gasteiger partial charge in [-0.25, -0.2) is 15.0 Å². The number of aromatic nitrogens is 3. The van der Waals surface area contributed by atoms with E-state index in [1.165, 1.54) is 5.56 Å². The van der Waals surface area contributed by atoms with E-state index in [-0.39, 0.29) is 57.5 Å². The Labute approximate surface area is 297 Å². The van der Waals surface area contributed by atoms with Crippen LogP contribution in [0, 0.1) is 0 Å². The molecule has 2 heterocycles. The summed E-state index contributed by atoms with van der Waals surface area (Å²) < 4.78 is 60.3. The summed E-state index contributed by atoms with van der Waals surface area (Å²) in [5.41, 5.74) is 9.12. The third-order valence-electron chi connectivity index (χ3n) is 9.35. The second kappa shape index (κ2) is 11.5. The lowest BCUT2D eigenvalue weighted by atomic mass is 9.97. The highest BCUT2D eigenvalue weighted by molar-refractivity contribution is 6.15. The fraction of sp³-hybridized carbons (Fsp3) is 0.0217. The molecule has 0 fully saturated rings. The van der Waals surface area contributed by atoms with Crippen LogP contribution < -0.4 is 0 Å². The zero-order valence-corrected chi connectivity index (χ0v) is 26.6. The van der Waals surface area contributed by atoms with Gasteiger partial charge in [-0.1, -0.05) is 146 Å². The summed E-state index contributed by atoms with van der Waals surface area (Å²) >= 11 is 0. The molecule has 0 radical (unpaired) electrons. The van der Waals surface area contributed by atoms with Gasteiger partial charge in [0.25, 0.3) is 0 Å². The first kappa shape index (κ1) is 22.8. The van der Waals surface area contributed by atoms with Gasteiger partial charge in [0.2, 0.25) is 0 Å². The highest BCUT2D eigenvalue weighted by Gasteiger charge is 2.25. The second-order valence-corrected chi connectivity index (χ2v) is 12.3. The minimum Gasteiger partial charge on any atom is -0.455 e. The van der Waals surface area contributed by atoms with Crippen LogP contribution in [-0.4, -0.2) is 15.0 Å². The summed E-state index contributed by atoms with van der Waals surface area (Å²) in [6, 6.07) is 39.5. The van der Waals surface area contributed by atoms with Crippen LogP contribution in [0.5, 0.6) is 0 Å². The van der Waals surface area contributed by atoms with Crippen molar-refractivity contribution >= 4 is 21.9 Å². The summed E-state index contributed by atoms with van der Waals surface area (Å²) in [5.74, 6) is 0.792. The predicted octanol–water partition coefficient (Wildman–Crippen LogP) is 11.7. The maximum atomic E-state index is 9.61. The van der Waals surface area contributed by atoms with Crippen molar-refractivity contribution in [2.24, 2.45) is 0 Å². The molecule has 4 heteroatoms. The van der Waals surface area contributed by atoms with Crippen molar-refractivity contribution in [2.75, 3.05) is 0 Å². The molecule has 1 aliphatic rings. The molecule has 0 spiro atoms. The minimum atomic E-state index is -0.441. The van der Waals surface area contributed by atoms with Crippen molar-refractivity contribution in [1.29, 1.82) is 0 Å². The molecule has 0 atom stereocenters. The molecular formula is C46H29N3O. The molecule has 2 aromatic heterocycles. The molecule has 0 N–H and O–H groups in total. The van der Waals surface area contributed by atoms with Gasteiger partial charge in [0.15, 0.2) is 17.5 Å². The van der Waals surface area contributed by atoms with E-state index in [1.54, 1.807) is 12.1 Å². The van der Waals surface area contributed by atoms with Crippen LogP contribution in [0.1, 0.15) is 19.4 Å². The van der Waals surface area contributed by atoms with Crippen LogP contribution in [0.3, 0.4) is 0 Å². The first-order chi connectivity index (χ1) is 27.3. The molecule has 0 bridgehead atoms. The molecule has 1 aliphatic carbocycles. The molecule has 50 heavy (non-hydrogen) atoms. The molecular weight excluding hydrogens is 611 g/mol. The lowest BCUT2D eigenvalue weighted by molar-refractivity contribution is 0.670. The highest BCUT2D eigenvalue weighted by atomic mass is 16.3. The van der Waals surface area contributed by atoms with E-state index in [2.05, 4.69) is 18.2 Å². The normalized spacial score (nSPS) is 13.6. The summed E-state index contributed by atoms with van der Waals surface area (Å²) in [4.78, 5) is 15.2. The summed E-state index contributed by atoms with van der Waals surface area (Å²) in [6.07, 6.45) is 0.766. The average Bonchev–Trinajstić information content (AvgIpc) is 3.82. The van der Waals surface area contributed by atoms with E-state index in [1.807, 2.05) is 97.1 Å². The van der Waals surface area contributed by atoms with E-state index in [9.17, 15) is 2.74 Å². The molecule has 234 valence electrons. The van der Waals surface area contributed by atoms with Gasteiger partial charge in [-0.05, 0) is 63.5 Å². The zero-order valence-electron chi connectivity index (χ0n) is 32.6. The van der Waals surface area contributed by atoms with Gasteiger partial charge in [0, 0.05) is 33.0 Å². The Morgan fingerprint density at radius 1 is 0.460 bits per heavy atom. The number of hydrogen-bond acceptors (Lipinski definition) is 4. The Morgan fingerprint density at radius 2 is 1.06 bits per heavy atom. The maximum Gasteiger partial charge on any atom is 0.164 e. The number of nitrogens with zero attached hydrogens (tertiary/aromatic N) is 3. The molecule has 0 amide bonds. The molecule has 9 aromatic rings. The lowest BCUT2D eigenvalue weighted by Crippen LogP contribution is -2.01.